The number of anilines is 2. The summed E-state index contributed by atoms with van der Waals surface area (Å²) in [6, 6.07) is 8.14. The summed E-state index contributed by atoms with van der Waals surface area (Å²) in [4.78, 5) is 10.9. The standard InChI is InChI=1S/C18H22N4O.C2H6/c1-5-13-8-14(12(2)23)6-7-16(13)22(4)18-9-17-15(10-19-18)20-11-21(17)3;1-2/h6-12,23H,5H2,1-4H3;1-2H3. The molecule has 0 saturated heterocycles. The highest BCUT2D eigenvalue weighted by atomic mass is 16.3. The van der Waals surface area contributed by atoms with Gasteiger partial charge in [0, 0.05) is 25.8 Å². The summed E-state index contributed by atoms with van der Waals surface area (Å²) in [5.41, 5.74) is 5.18. The number of aliphatic hydroxyl groups is 1. The van der Waals surface area contributed by atoms with E-state index in [1.54, 1.807) is 19.4 Å². The fraction of sp³-hybridized carbons (Fsp3) is 0.400. The number of rotatable bonds is 4. The minimum atomic E-state index is -0.455. The average Bonchev–Trinajstić information content (AvgIpc) is 3.02. The molecule has 1 unspecified atom stereocenters. The third-order valence-corrected chi connectivity index (χ3v) is 4.27. The van der Waals surface area contributed by atoms with Crippen molar-refractivity contribution in [2.75, 3.05) is 11.9 Å². The maximum absolute atomic E-state index is 9.78. The molecule has 3 aromatic rings. The molecule has 5 heteroatoms. The topological polar surface area (TPSA) is 54.2 Å². The Hall–Kier alpha value is -2.40. The van der Waals surface area contributed by atoms with Crippen molar-refractivity contribution in [3.05, 3.63) is 47.9 Å². The molecule has 25 heavy (non-hydrogen) atoms. The molecule has 1 atom stereocenters. The van der Waals surface area contributed by atoms with Crippen molar-refractivity contribution in [3.8, 4) is 0 Å². The minimum Gasteiger partial charge on any atom is -0.389 e. The lowest BCUT2D eigenvalue weighted by Crippen LogP contribution is -2.13. The van der Waals surface area contributed by atoms with Gasteiger partial charge < -0.3 is 14.6 Å². The summed E-state index contributed by atoms with van der Waals surface area (Å²) in [7, 11) is 4.00. The van der Waals surface area contributed by atoms with Crippen LogP contribution in [0.3, 0.4) is 0 Å². The van der Waals surface area contributed by atoms with Crippen LogP contribution in [-0.4, -0.2) is 26.7 Å². The number of imidazole rings is 1. The predicted octanol–water partition coefficient (Wildman–Crippen LogP) is 4.38. The van der Waals surface area contributed by atoms with Gasteiger partial charge in [-0.3, -0.25) is 0 Å². The lowest BCUT2D eigenvalue weighted by atomic mass is 10.0. The van der Waals surface area contributed by atoms with Crippen LogP contribution in [0.2, 0.25) is 0 Å². The largest absolute Gasteiger partial charge is 0.389 e. The smallest absolute Gasteiger partial charge is 0.134 e. The fourth-order valence-corrected chi connectivity index (χ4v) is 2.80. The van der Waals surface area contributed by atoms with Crippen LogP contribution >= 0.6 is 0 Å². The fourth-order valence-electron chi connectivity index (χ4n) is 2.80. The Balaban J connectivity index is 0.00000109. The van der Waals surface area contributed by atoms with E-state index in [0.717, 1.165) is 34.5 Å². The van der Waals surface area contributed by atoms with Gasteiger partial charge in [0.05, 0.1) is 24.1 Å². The van der Waals surface area contributed by atoms with E-state index in [1.165, 1.54) is 5.56 Å². The zero-order valence-corrected chi connectivity index (χ0v) is 16.0. The number of pyridine rings is 1. The molecule has 0 aliphatic carbocycles. The molecule has 0 fully saturated rings. The van der Waals surface area contributed by atoms with Gasteiger partial charge in [0.15, 0.2) is 0 Å². The zero-order valence-electron chi connectivity index (χ0n) is 16.0. The Morgan fingerprint density at radius 1 is 1.20 bits per heavy atom. The van der Waals surface area contributed by atoms with Crippen molar-refractivity contribution in [2.45, 2.75) is 40.2 Å². The van der Waals surface area contributed by atoms with E-state index in [1.807, 2.05) is 44.6 Å². The molecule has 0 aliphatic rings. The third-order valence-electron chi connectivity index (χ3n) is 4.27. The van der Waals surface area contributed by atoms with E-state index in [4.69, 9.17) is 0 Å². The van der Waals surface area contributed by atoms with Crippen LogP contribution in [0.4, 0.5) is 11.5 Å². The van der Waals surface area contributed by atoms with Gasteiger partial charge in [-0.1, -0.05) is 32.9 Å². The number of nitrogens with zero attached hydrogens (tertiary/aromatic N) is 4. The Kier molecular flexibility index (Phi) is 6.15. The highest BCUT2D eigenvalue weighted by molar-refractivity contribution is 5.79. The van der Waals surface area contributed by atoms with E-state index in [0.29, 0.717) is 0 Å². The van der Waals surface area contributed by atoms with Crippen molar-refractivity contribution in [3.63, 3.8) is 0 Å². The maximum atomic E-state index is 9.78. The van der Waals surface area contributed by atoms with Gasteiger partial charge in [-0.05, 0) is 30.5 Å². The summed E-state index contributed by atoms with van der Waals surface area (Å²) >= 11 is 0. The van der Waals surface area contributed by atoms with E-state index >= 15 is 0 Å². The number of hydrogen-bond donors (Lipinski definition) is 1. The molecule has 0 amide bonds. The maximum Gasteiger partial charge on any atom is 0.134 e. The molecule has 0 saturated carbocycles. The molecule has 0 radical (unpaired) electrons. The van der Waals surface area contributed by atoms with E-state index in [9.17, 15) is 5.11 Å². The van der Waals surface area contributed by atoms with E-state index < -0.39 is 6.10 Å². The Labute approximate surface area is 150 Å². The lowest BCUT2D eigenvalue weighted by molar-refractivity contribution is 0.199. The molecule has 0 spiro atoms. The summed E-state index contributed by atoms with van der Waals surface area (Å²) in [6.45, 7) is 7.91. The number of aryl methyl sites for hydroxylation is 2. The molecule has 2 aromatic heterocycles. The predicted molar refractivity (Wildman–Crippen MR) is 104 cm³/mol. The third kappa shape index (κ3) is 3.82. The SMILES string of the molecule is CC.CCc1cc(C(C)O)ccc1N(C)c1cc2c(cn1)ncn2C. The van der Waals surface area contributed by atoms with Crippen molar-refractivity contribution in [2.24, 2.45) is 7.05 Å². The highest BCUT2D eigenvalue weighted by Gasteiger charge is 2.13. The molecule has 2 heterocycles. The summed E-state index contributed by atoms with van der Waals surface area (Å²) in [5.74, 6) is 0.876. The Morgan fingerprint density at radius 3 is 2.56 bits per heavy atom. The second-order valence-corrected chi connectivity index (χ2v) is 5.86. The normalized spacial score (nSPS) is 11.8. The highest BCUT2D eigenvalue weighted by Crippen LogP contribution is 2.30. The van der Waals surface area contributed by atoms with Crippen LogP contribution in [0, 0.1) is 0 Å². The number of hydrogen-bond acceptors (Lipinski definition) is 4. The molecule has 1 aromatic carbocycles. The number of fused-ring (bicyclic) bond motifs is 1. The molecule has 0 aliphatic heterocycles. The lowest BCUT2D eigenvalue weighted by Gasteiger charge is -2.22. The van der Waals surface area contributed by atoms with Gasteiger partial charge in [0.2, 0.25) is 0 Å². The number of aromatic nitrogens is 3. The molecule has 3 rings (SSSR count). The summed E-state index contributed by atoms with van der Waals surface area (Å²) in [6.07, 6.45) is 4.04. The van der Waals surface area contributed by atoms with Gasteiger partial charge in [-0.15, -0.1) is 0 Å². The Bertz CT molecular complexity index is 839. The van der Waals surface area contributed by atoms with Crippen LogP contribution in [-0.2, 0) is 13.5 Å². The number of aliphatic hydroxyl groups excluding tert-OH is 1. The van der Waals surface area contributed by atoms with Crippen LogP contribution in [0.25, 0.3) is 11.0 Å². The van der Waals surface area contributed by atoms with Gasteiger partial charge in [-0.25, -0.2) is 9.97 Å². The van der Waals surface area contributed by atoms with Crippen molar-refractivity contribution in [1.82, 2.24) is 14.5 Å². The molecule has 5 nitrogen and oxygen atoms in total. The first kappa shape index (κ1) is 18.9. The van der Waals surface area contributed by atoms with Crippen LogP contribution in [0.1, 0.15) is 44.9 Å². The first-order valence-electron chi connectivity index (χ1n) is 8.83. The average molecular weight is 340 g/mol. The first-order chi connectivity index (χ1) is 12.0. The molecule has 0 bridgehead atoms. The van der Waals surface area contributed by atoms with Gasteiger partial charge in [0.1, 0.15) is 11.3 Å². The molecule has 1 N–H and O–H groups in total. The quantitative estimate of drug-likeness (QED) is 0.766. The second kappa shape index (κ2) is 8.12. The molecular formula is C20H28N4O. The minimum absolute atomic E-state index is 0.455. The summed E-state index contributed by atoms with van der Waals surface area (Å²) < 4.78 is 1.99. The zero-order chi connectivity index (χ0) is 18.6. The van der Waals surface area contributed by atoms with Gasteiger partial charge in [-0.2, -0.15) is 0 Å². The van der Waals surface area contributed by atoms with E-state index in [2.05, 4.69) is 33.9 Å². The van der Waals surface area contributed by atoms with Crippen LogP contribution in [0.15, 0.2) is 36.8 Å². The van der Waals surface area contributed by atoms with Crippen LogP contribution in [0.5, 0.6) is 0 Å². The molecular weight excluding hydrogens is 312 g/mol. The Morgan fingerprint density at radius 2 is 1.92 bits per heavy atom. The van der Waals surface area contributed by atoms with Crippen molar-refractivity contribution < 1.29 is 5.11 Å². The van der Waals surface area contributed by atoms with Crippen molar-refractivity contribution in [1.29, 1.82) is 0 Å². The molecule has 134 valence electrons. The van der Waals surface area contributed by atoms with Crippen molar-refractivity contribution >= 4 is 22.5 Å². The first-order valence-corrected chi connectivity index (χ1v) is 8.83. The monoisotopic (exact) mass is 340 g/mol. The van der Waals surface area contributed by atoms with E-state index in [-0.39, 0.29) is 0 Å². The van der Waals surface area contributed by atoms with Crippen LogP contribution < -0.4 is 4.90 Å². The number of benzene rings is 1. The summed E-state index contributed by atoms with van der Waals surface area (Å²) in [5, 5.41) is 9.78. The second-order valence-electron chi connectivity index (χ2n) is 5.86. The van der Waals surface area contributed by atoms with Gasteiger partial charge in [0.25, 0.3) is 0 Å². The van der Waals surface area contributed by atoms with Gasteiger partial charge >= 0.3 is 0 Å².